The molecule has 1 aliphatic carbocycles. The number of allylic oxidation sites excluding steroid dienone is 4. The van der Waals surface area contributed by atoms with Crippen LogP contribution in [-0.4, -0.2) is 21.9 Å². The second-order valence-electron chi connectivity index (χ2n) is 7.86. The molecule has 1 rings (SSSR count). The first kappa shape index (κ1) is 20.2. The van der Waals surface area contributed by atoms with Crippen molar-refractivity contribution in [1.82, 2.24) is 0 Å². The van der Waals surface area contributed by atoms with E-state index < -0.39 is 5.60 Å². The van der Waals surface area contributed by atoms with Crippen molar-refractivity contribution >= 4 is 0 Å². The van der Waals surface area contributed by atoms with Crippen LogP contribution in [0.2, 0.25) is 0 Å². The van der Waals surface area contributed by atoms with Crippen LogP contribution in [0.3, 0.4) is 0 Å². The molecule has 0 radical (unpaired) electrons. The molecule has 2 nitrogen and oxygen atoms in total. The molecule has 0 unspecified atom stereocenters. The highest BCUT2D eigenvalue weighted by atomic mass is 16.3. The minimum atomic E-state index is -0.521. The molecule has 0 aromatic heterocycles. The van der Waals surface area contributed by atoms with Crippen LogP contribution in [0.25, 0.3) is 0 Å². The number of aliphatic hydroxyl groups is 2. The molecule has 0 bridgehead atoms. The van der Waals surface area contributed by atoms with Gasteiger partial charge in [0.2, 0.25) is 0 Å². The predicted molar refractivity (Wildman–Crippen MR) is 99.4 cm³/mol. The molecule has 1 aliphatic rings. The third-order valence-corrected chi connectivity index (χ3v) is 4.68. The van der Waals surface area contributed by atoms with Crippen LogP contribution in [0.15, 0.2) is 36.0 Å². The van der Waals surface area contributed by atoms with E-state index in [1.165, 1.54) is 30.4 Å². The Morgan fingerprint density at radius 3 is 2.70 bits per heavy atom. The summed E-state index contributed by atoms with van der Waals surface area (Å²) < 4.78 is 0. The summed E-state index contributed by atoms with van der Waals surface area (Å²) in [6, 6.07) is 0. The second-order valence-corrected chi connectivity index (χ2v) is 7.86. The Balaban J connectivity index is 2.15. The van der Waals surface area contributed by atoms with Crippen molar-refractivity contribution in [3.8, 4) is 0 Å². The zero-order valence-corrected chi connectivity index (χ0v) is 15.4. The zero-order valence-electron chi connectivity index (χ0n) is 15.4. The van der Waals surface area contributed by atoms with Gasteiger partial charge in [0.1, 0.15) is 0 Å². The first-order valence-electron chi connectivity index (χ1n) is 9.22. The highest BCUT2D eigenvalue weighted by molar-refractivity contribution is 5.34. The van der Waals surface area contributed by atoms with Gasteiger partial charge in [-0.1, -0.05) is 56.6 Å². The Labute approximate surface area is 143 Å². The summed E-state index contributed by atoms with van der Waals surface area (Å²) in [5.41, 5.74) is 1.87. The van der Waals surface area contributed by atoms with Crippen LogP contribution in [-0.2, 0) is 0 Å². The smallest absolute Gasteiger partial charge is 0.0591 e. The van der Waals surface area contributed by atoms with Gasteiger partial charge in [0.05, 0.1) is 11.7 Å². The van der Waals surface area contributed by atoms with Crippen molar-refractivity contribution in [3.05, 3.63) is 36.0 Å². The molecular formula is C21H36O2. The molecule has 2 N–H and O–H groups in total. The number of hydrogen-bond acceptors (Lipinski definition) is 2. The summed E-state index contributed by atoms with van der Waals surface area (Å²) >= 11 is 0. The third kappa shape index (κ3) is 9.78. The summed E-state index contributed by atoms with van der Waals surface area (Å²) in [6.45, 7) is 10.2. The van der Waals surface area contributed by atoms with Crippen LogP contribution < -0.4 is 0 Å². The highest BCUT2D eigenvalue weighted by Gasteiger charge is 2.16. The molecule has 1 fully saturated rings. The lowest BCUT2D eigenvalue weighted by Gasteiger charge is -2.21. The van der Waals surface area contributed by atoms with E-state index in [-0.39, 0.29) is 6.10 Å². The number of aliphatic hydroxyl groups excluding tert-OH is 1. The van der Waals surface area contributed by atoms with E-state index in [1.54, 1.807) is 0 Å². The molecule has 0 aromatic carbocycles. The van der Waals surface area contributed by atoms with Gasteiger partial charge < -0.3 is 10.2 Å². The van der Waals surface area contributed by atoms with Crippen molar-refractivity contribution < 1.29 is 10.2 Å². The molecule has 0 heterocycles. The van der Waals surface area contributed by atoms with Gasteiger partial charge in [0, 0.05) is 0 Å². The van der Waals surface area contributed by atoms with E-state index in [4.69, 9.17) is 0 Å². The normalized spacial score (nSPS) is 22.9. The molecule has 23 heavy (non-hydrogen) atoms. The van der Waals surface area contributed by atoms with E-state index in [9.17, 15) is 10.2 Å². The molecule has 0 aliphatic heterocycles. The maximum absolute atomic E-state index is 9.71. The topological polar surface area (TPSA) is 40.5 Å². The standard InChI is InChI=1S/C21H36O2/c1-17(11-9-15-21(3,4)23)10-7-5-6-8-12-19-16-20(22)14-13-18(19)2/h6,8,12,17,20,22-23H,2,5,7,9-11,13-16H2,1,3-4H3/b8-6+,19-12-/t17-,20+/m1/s1. The fourth-order valence-electron chi connectivity index (χ4n) is 3.08. The molecule has 0 amide bonds. The number of hydrogen-bond donors (Lipinski definition) is 2. The number of rotatable bonds is 9. The largest absolute Gasteiger partial charge is 0.393 e. The van der Waals surface area contributed by atoms with Gasteiger partial charge in [-0.3, -0.25) is 0 Å². The average molecular weight is 321 g/mol. The summed E-state index contributed by atoms with van der Waals surface area (Å²) in [4.78, 5) is 0. The first-order valence-corrected chi connectivity index (χ1v) is 9.22. The van der Waals surface area contributed by atoms with Gasteiger partial charge in [-0.25, -0.2) is 0 Å². The van der Waals surface area contributed by atoms with Crippen LogP contribution in [0.5, 0.6) is 0 Å². The Bertz CT molecular complexity index is 412. The van der Waals surface area contributed by atoms with E-state index in [1.807, 2.05) is 13.8 Å². The Morgan fingerprint density at radius 2 is 2.00 bits per heavy atom. The van der Waals surface area contributed by atoms with Crippen LogP contribution in [0.4, 0.5) is 0 Å². The van der Waals surface area contributed by atoms with Crippen molar-refractivity contribution in [2.45, 2.75) is 90.3 Å². The summed E-state index contributed by atoms with van der Waals surface area (Å²) in [5.74, 6) is 0.734. The van der Waals surface area contributed by atoms with Crippen molar-refractivity contribution in [2.24, 2.45) is 5.92 Å². The lowest BCUT2D eigenvalue weighted by atomic mass is 9.88. The van der Waals surface area contributed by atoms with Crippen molar-refractivity contribution in [3.63, 3.8) is 0 Å². The monoisotopic (exact) mass is 320 g/mol. The lowest BCUT2D eigenvalue weighted by molar-refractivity contribution is 0.0669. The lowest BCUT2D eigenvalue weighted by Crippen LogP contribution is -2.18. The van der Waals surface area contributed by atoms with Crippen molar-refractivity contribution in [2.75, 3.05) is 0 Å². The molecule has 2 heteroatoms. The predicted octanol–water partition coefficient (Wildman–Crippen LogP) is 5.32. The first-order chi connectivity index (χ1) is 10.8. The minimum Gasteiger partial charge on any atom is -0.393 e. The van der Waals surface area contributed by atoms with Gasteiger partial charge >= 0.3 is 0 Å². The van der Waals surface area contributed by atoms with E-state index in [0.717, 1.165) is 44.4 Å². The van der Waals surface area contributed by atoms with Crippen LogP contribution >= 0.6 is 0 Å². The number of unbranched alkanes of at least 4 members (excludes halogenated alkanes) is 1. The molecule has 1 saturated carbocycles. The Hall–Kier alpha value is -0.860. The summed E-state index contributed by atoms with van der Waals surface area (Å²) in [5, 5.41) is 19.4. The third-order valence-electron chi connectivity index (χ3n) is 4.68. The van der Waals surface area contributed by atoms with Gasteiger partial charge in [-0.05, 0) is 63.9 Å². The molecule has 0 aromatic rings. The van der Waals surface area contributed by atoms with Crippen LogP contribution in [0, 0.1) is 5.92 Å². The van der Waals surface area contributed by atoms with Crippen molar-refractivity contribution in [1.29, 1.82) is 0 Å². The molecule has 0 saturated heterocycles. The SMILES string of the molecule is C=C1CC[C@H](O)C/C1=C/C=C/CCC[C@@H](C)CCCC(C)(C)O. The average Bonchev–Trinajstić information content (AvgIpc) is 2.44. The van der Waals surface area contributed by atoms with Gasteiger partial charge in [0.15, 0.2) is 0 Å². The molecule has 0 spiro atoms. The molecule has 132 valence electrons. The zero-order chi connectivity index (χ0) is 17.3. The Morgan fingerprint density at radius 1 is 1.30 bits per heavy atom. The van der Waals surface area contributed by atoms with E-state index >= 15 is 0 Å². The fraction of sp³-hybridized carbons (Fsp3) is 0.714. The quantitative estimate of drug-likeness (QED) is 0.565. The second kappa shape index (κ2) is 10.1. The van der Waals surface area contributed by atoms with Crippen LogP contribution in [0.1, 0.15) is 78.6 Å². The van der Waals surface area contributed by atoms with Gasteiger partial charge in [-0.15, -0.1) is 0 Å². The minimum absolute atomic E-state index is 0.190. The van der Waals surface area contributed by atoms with E-state index in [2.05, 4.69) is 31.7 Å². The van der Waals surface area contributed by atoms with Gasteiger partial charge in [0.25, 0.3) is 0 Å². The maximum Gasteiger partial charge on any atom is 0.0591 e. The Kier molecular flexibility index (Phi) is 8.86. The molecule has 2 atom stereocenters. The highest BCUT2D eigenvalue weighted by Crippen LogP contribution is 2.27. The van der Waals surface area contributed by atoms with E-state index in [0.29, 0.717) is 0 Å². The van der Waals surface area contributed by atoms with Gasteiger partial charge in [-0.2, -0.15) is 0 Å². The summed E-state index contributed by atoms with van der Waals surface area (Å²) in [6.07, 6.45) is 15.6. The fourth-order valence-corrected chi connectivity index (χ4v) is 3.08. The maximum atomic E-state index is 9.71. The molecular weight excluding hydrogens is 284 g/mol. The summed E-state index contributed by atoms with van der Waals surface area (Å²) in [7, 11) is 0.